The summed E-state index contributed by atoms with van der Waals surface area (Å²) in [7, 11) is -9.90. The molecule has 0 aliphatic carbocycles. The highest BCUT2D eigenvalue weighted by molar-refractivity contribution is 7.47. The Labute approximate surface area is 568 Å². The maximum absolute atomic E-state index is 13.1. The van der Waals surface area contributed by atoms with Crippen molar-refractivity contribution in [1.82, 2.24) is 0 Å². The third kappa shape index (κ3) is 67.0. The summed E-state index contributed by atoms with van der Waals surface area (Å²) in [5.74, 6) is 0.244. The number of rotatable bonds is 72. The average Bonchev–Trinajstić information content (AvgIpc) is 2.65. The number of hydrogen-bond acceptors (Lipinski definition) is 15. The van der Waals surface area contributed by atoms with Crippen LogP contribution < -0.4 is 0 Å². The largest absolute Gasteiger partial charge is 0.472 e. The average molecular weight is 1370 g/mol. The van der Waals surface area contributed by atoms with Gasteiger partial charge in [-0.15, -0.1) is 0 Å². The van der Waals surface area contributed by atoms with Gasteiger partial charge in [-0.25, -0.2) is 9.13 Å². The summed E-state index contributed by atoms with van der Waals surface area (Å²) >= 11 is 0. The molecular formula is C74H144O17P2. The summed E-state index contributed by atoms with van der Waals surface area (Å²) in [6.45, 7) is 11.8. The third-order valence-electron chi connectivity index (χ3n) is 17.5. The van der Waals surface area contributed by atoms with Crippen molar-refractivity contribution in [3.05, 3.63) is 0 Å². The van der Waals surface area contributed by atoms with Gasteiger partial charge < -0.3 is 33.8 Å². The number of hydrogen-bond donors (Lipinski definition) is 3. The van der Waals surface area contributed by atoms with Crippen LogP contribution in [0.3, 0.4) is 0 Å². The summed E-state index contributed by atoms with van der Waals surface area (Å²) in [4.78, 5) is 72.4. The fraction of sp³-hybridized carbons (Fsp3) is 0.946. The summed E-state index contributed by atoms with van der Waals surface area (Å²) in [6, 6.07) is 0. The van der Waals surface area contributed by atoms with Gasteiger partial charge in [-0.1, -0.05) is 325 Å². The molecule has 0 heterocycles. The number of ether oxygens (including phenoxy) is 4. The molecule has 3 unspecified atom stereocenters. The Morgan fingerprint density at radius 3 is 0.817 bits per heavy atom. The van der Waals surface area contributed by atoms with Gasteiger partial charge in [0.2, 0.25) is 0 Å². The van der Waals surface area contributed by atoms with Gasteiger partial charge in [0.05, 0.1) is 26.4 Å². The monoisotopic (exact) mass is 1370 g/mol. The SMILES string of the molecule is CCCCCCCC(=O)OC[C@H](COP(=O)(O)OC[C@H](O)COP(=O)(O)OC[C@@H](COC(=O)CCCCCCCCCCCCCCCCC(C)CC)OC(=O)CCCCCCCCCCCCCCCCCCC(C)C)OC(=O)CCCCCCCCCCC(C)C. The van der Waals surface area contributed by atoms with Crippen molar-refractivity contribution >= 4 is 39.5 Å². The van der Waals surface area contributed by atoms with Crippen molar-refractivity contribution in [1.29, 1.82) is 0 Å². The van der Waals surface area contributed by atoms with E-state index in [2.05, 4.69) is 48.5 Å². The predicted octanol–water partition coefficient (Wildman–Crippen LogP) is 21.4. The van der Waals surface area contributed by atoms with Crippen molar-refractivity contribution < 1.29 is 80.2 Å². The van der Waals surface area contributed by atoms with Crippen molar-refractivity contribution in [2.24, 2.45) is 17.8 Å². The fourth-order valence-electron chi connectivity index (χ4n) is 11.2. The Kier molecular flexibility index (Phi) is 63.4. The molecule has 6 atom stereocenters. The maximum atomic E-state index is 13.1. The molecule has 0 aromatic rings. The molecule has 0 aliphatic heterocycles. The van der Waals surface area contributed by atoms with E-state index in [1.54, 1.807) is 0 Å². The minimum atomic E-state index is -4.95. The smallest absolute Gasteiger partial charge is 0.462 e. The van der Waals surface area contributed by atoms with Crippen molar-refractivity contribution in [2.45, 2.75) is 394 Å². The molecule has 0 radical (unpaired) electrons. The van der Waals surface area contributed by atoms with Gasteiger partial charge in [-0.2, -0.15) is 0 Å². The van der Waals surface area contributed by atoms with Crippen molar-refractivity contribution in [2.75, 3.05) is 39.6 Å². The molecule has 0 spiro atoms. The van der Waals surface area contributed by atoms with Crippen LogP contribution in [0.2, 0.25) is 0 Å². The molecular weight excluding hydrogens is 1220 g/mol. The molecule has 0 amide bonds. The lowest BCUT2D eigenvalue weighted by atomic mass is 9.99. The Hall–Kier alpha value is -1.94. The first-order valence-corrected chi connectivity index (χ1v) is 41.4. The first-order chi connectivity index (χ1) is 44.8. The van der Waals surface area contributed by atoms with Crippen molar-refractivity contribution in [3.8, 4) is 0 Å². The van der Waals surface area contributed by atoms with Gasteiger partial charge in [0.1, 0.15) is 19.3 Å². The van der Waals surface area contributed by atoms with E-state index in [0.717, 1.165) is 114 Å². The predicted molar refractivity (Wildman–Crippen MR) is 377 cm³/mol. The highest BCUT2D eigenvalue weighted by Crippen LogP contribution is 2.45. The Morgan fingerprint density at radius 2 is 0.548 bits per heavy atom. The Balaban J connectivity index is 5.14. The maximum Gasteiger partial charge on any atom is 0.472 e. The zero-order valence-electron chi connectivity index (χ0n) is 60.7. The number of esters is 4. The van der Waals surface area contributed by atoms with Gasteiger partial charge in [-0.05, 0) is 43.4 Å². The van der Waals surface area contributed by atoms with E-state index in [9.17, 15) is 43.2 Å². The lowest BCUT2D eigenvalue weighted by molar-refractivity contribution is -0.161. The standard InChI is InChI=1S/C74H144O17P2/c1-8-10-11-38-48-55-71(76)84-61-69(90-74(79)58-51-44-37-31-30-33-40-46-53-66(5)6)63-88-92(80,81)86-59-68(75)60-87-93(82,83)89-64-70(62-85-72(77)56-49-42-35-28-24-20-17-16-19-23-27-34-41-47-54-67(7)9-2)91-73(78)57-50-43-36-29-25-21-15-13-12-14-18-22-26-32-39-45-52-65(3)4/h65-70,75H,8-64H2,1-7H3,(H,80,81)(H,82,83)/t67?,68-,69+,70+/m0/s1. The van der Waals surface area contributed by atoms with Crippen LogP contribution in [0.15, 0.2) is 0 Å². The summed E-state index contributed by atoms with van der Waals surface area (Å²) < 4.78 is 68.2. The fourth-order valence-corrected chi connectivity index (χ4v) is 12.8. The lowest BCUT2D eigenvalue weighted by Gasteiger charge is -2.21. The van der Waals surface area contributed by atoms with Crippen LogP contribution >= 0.6 is 15.6 Å². The van der Waals surface area contributed by atoms with E-state index in [0.29, 0.717) is 25.7 Å². The molecule has 0 saturated carbocycles. The molecule has 0 aromatic heterocycles. The Bertz CT molecular complexity index is 1820. The molecule has 0 saturated heterocycles. The van der Waals surface area contributed by atoms with Crippen LogP contribution in [0.4, 0.5) is 0 Å². The van der Waals surface area contributed by atoms with Crippen LogP contribution in [0, 0.1) is 17.8 Å². The Morgan fingerprint density at radius 1 is 0.312 bits per heavy atom. The molecule has 3 N–H and O–H groups in total. The summed E-state index contributed by atoms with van der Waals surface area (Å²) in [6.07, 6.45) is 50.4. The molecule has 0 aliphatic rings. The highest BCUT2D eigenvalue weighted by atomic mass is 31.2. The van der Waals surface area contributed by atoms with E-state index < -0.39 is 97.5 Å². The van der Waals surface area contributed by atoms with E-state index in [1.165, 1.54) is 180 Å². The first kappa shape index (κ1) is 91.1. The van der Waals surface area contributed by atoms with Crippen molar-refractivity contribution in [3.63, 3.8) is 0 Å². The molecule has 19 heteroatoms. The lowest BCUT2D eigenvalue weighted by Crippen LogP contribution is -2.30. The molecule has 0 rings (SSSR count). The third-order valence-corrected chi connectivity index (χ3v) is 19.4. The highest BCUT2D eigenvalue weighted by Gasteiger charge is 2.30. The van der Waals surface area contributed by atoms with E-state index in [-0.39, 0.29) is 25.7 Å². The summed E-state index contributed by atoms with van der Waals surface area (Å²) in [5.41, 5.74) is 0. The minimum Gasteiger partial charge on any atom is -0.462 e. The molecule has 0 fully saturated rings. The van der Waals surface area contributed by atoms with E-state index >= 15 is 0 Å². The van der Waals surface area contributed by atoms with Gasteiger partial charge in [0.25, 0.3) is 0 Å². The number of phosphoric acid groups is 2. The second-order valence-electron chi connectivity index (χ2n) is 27.9. The molecule has 17 nitrogen and oxygen atoms in total. The van der Waals surface area contributed by atoms with Crippen LogP contribution in [0.1, 0.15) is 376 Å². The van der Waals surface area contributed by atoms with Gasteiger partial charge in [-0.3, -0.25) is 37.3 Å². The van der Waals surface area contributed by atoms with Gasteiger partial charge >= 0.3 is 39.5 Å². The van der Waals surface area contributed by atoms with Crippen LogP contribution in [-0.2, 0) is 65.4 Å². The zero-order chi connectivity index (χ0) is 68.7. The van der Waals surface area contributed by atoms with Crippen LogP contribution in [0.25, 0.3) is 0 Å². The second kappa shape index (κ2) is 64.7. The second-order valence-corrected chi connectivity index (χ2v) is 30.8. The number of phosphoric ester groups is 2. The molecule has 93 heavy (non-hydrogen) atoms. The zero-order valence-corrected chi connectivity index (χ0v) is 62.5. The minimum absolute atomic E-state index is 0.103. The number of aliphatic hydroxyl groups excluding tert-OH is 1. The van der Waals surface area contributed by atoms with E-state index in [4.69, 9.17) is 37.0 Å². The van der Waals surface area contributed by atoms with Crippen LogP contribution in [-0.4, -0.2) is 96.7 Å². The topological polar surface area (TPSA) is 237 Å². The van der Waals surface area contributed by atoms with Gasteiger partial charge in [0, 0.05) is 25.7 Å². The number of unbranched alkanes of at least 4 members (excludes halogenated alkanes) is 39. The number of aliphatic hydroxyl groups is 1. The normalized spacial score (nSPS) is 14.4. The molecule has 0 bridgehead atoms. The summed E-state index contributed by atoms with van der Waals surface area (Å²) in [5, 5.41) is 10.6. The van der Waals surface area contributed by atoms with E-state index in [1.807, 2.05) is 0 Å². The van der Waals surface area contributed by atoms with Gasteiger partial charge in [0.15, 0.2) is 12.2 Å². The number of carbonyl (C=O) groups is 4. The first-order valence-electron chi connectivity index (χ1n) is 38.4. The molecule has 0 aromatic carbocycles. The van der Waals surface area contributed by atoms with Crippen LogP contribution in [0.5, 0.6) is 0 Å². The quantitative estimate of drug-likeness (QED) is 0.0222. The molecule has 552 valence electrons. The number of carbonyl (C=O) groups excluding carboxylic acids is 4.